The molecule has 2 rings (SSSR count). The van der Waals surface area contributed by atoms with Crippen LogP contribution < -0.4 is 0 Å². The lowest BCUT2D eigenvalue weighted by Gasteiger charge is -2.18. The molecule has 0 spiro atoms. The van der Waals surface area contributed by atoms with Crippen molar-refractivity contribution >= 4 is 5.78 Å². The Morgan fingerprint density at radius 1 is 1.44 bits per heavy atom. The summed E-state index contributed by atoms with van der Waals surface area (Å²) in [6, 6.07) is 1.14. The molecular formula is C14H16F2O2. The van der Waals surface area contributed by atoms with E-state index in [-0.39, 0.29) is 18.0 Å². The van der Waals surface area contributed by atoms with E-state index >= 15 is 0 Å². The molecule has 0 fully saturated rings. The maximum atomic E-state index is 13.8. The summed E-state index contributed by atoms with van der Waals surface area (Å²) in [5, 5.41) is 0. The number of methoxy groups -OCH3 is 1. The Hall–Kier alpha value is -1.29. The van der Waals surface area contributed by atoms with Crippen LogP contribution in [-0.4, -0.2) is 12.9 Å². The van der Waals surface area contributed by atoms with E-state index in [1.807, 2.05) is 13.8 Å². The maximum absolute atomic E-state index is 13.8. The SMILES string of the molecule is CCC1(C)Cc2cc(F)c(F)c(COC)c2C1=O. The molecule has 0 saturated heterocycles. The zero-order valence-corrected chi connectivity index (χ0v) is 10.8. The monoisotopic (exact) mass is 254 g/mol. The molecule has 0 saturated carbocycles. The summed E-state index contributed by atoms with van der Waals surface area (Å²) in [7, 11) is 1.40. The molecule has 0 N–H and O–H groups in total. The third kappa shape index (κ3) is 1.75. The van der Waals surface area contributed by atoms with E-state index in [1.54, 1.807) is 0 Å². The van der Waals surface area contributed by atoms with Crippen molar-refractivity contribution in [3.8, 4) is 0 Å². The highest BCUT2D eigenvalue weighted by molar-refractivity contribution is 6.05. The number of ketones is 1. The van der Waals surface area contributed by atoms with Gasteiger partial charge >= 0.3 is 0 Å². The minimum absolute atomic E-state index is 0.0506. The highest BCUT2D eigenvalue weighted by atomic mass is 19.2. The van der Waals surface area contributed by atoms with Gasteiger partial charge in [-0.05, 0) is 24.5 Å². The van der Waals surface area contributed by atoms with Crippen molar-refractivity contribution < 1.29 is 18.3 Å². The van der Waals surface area contributed by atoms with Crippen LogP contribution in [0.2, 0.25) is 0 Å². The van der Waals surface area contributed by atoms with Gasteiger partial charge in [0.25, 0.3) is 0 Å². The fraction of sp³-hybridized carbons (Fsp3) is 0.500. The molecular weight excluding hydrogens is 238 g/mol. The molecule has 1 atom stereocenters. The molecule has 0 aromatic heterocycles. The molecule has 0 amide bonds. The molecule has 18 heavy (non-hydrogen) atoms. The minimum Gasteiger partial charge on any atom is -0.380 e. The molecule has 0 heterocycles. The lowest BCUT2D eigenvalue weighted by Crippen LogP contribution is -2.23. The first-order valence-corrected chi connectivity index (χ1v) is 5.98. The molecule has 0 radical (unpaired) electrons. The first-order chi connectivity index (χ1) is 8.44. The number of hydrogen-bond donors (Lipinski definition) is 0. The van der Waals surface area contributed by atoms with E-state index in [1.165, 1.54) is 7.11 Å². The van der Waals surface area contributed by atoms with Gasteiger partial charge in [-0.3, -0.25) is 4.79 Å². The number of halogens is 2. The largest absolute Gasteiger partial charge is 0.380 e. The van der Waals surface area contributed by atoms with Gasteiger partial charge in [0.1, 0.15) is 0 Å². The van der Waals surface area contributed by atoms with Crippen molar-refractivity contribution in [3.63, 3.8) is 0 Å². The third-order valence-electron chi connectivity index (χ3n) is 3.82. The molecule has 1 aromatic rings. The van der Waals surface area contributed by atoms with Crippen LogP contribution in [0.5, 0.6) is 0 Å². The van der Waals surface area contributed by atoms with Crippen LogP contribution in [-0.2, 0) is 17.8 Å². The number of benzene rings is 1. The minimum atomic E-state index is -0.968. The maximum Gasteiger partial charge on any atom is 0.169 e. The van der Waals surface area contributed by atoms with Crippen LogP contribution >= 0.6 is 0 Å². The summed E-state index contributed by atoms with van der Waals surface area (Å²) in [5.74, 6) is -1.98. The van der Waals surface area contributed by atoms with Gasteiger partial charge in [0, 0.05) is 23.7 Å². The van der Waals surface area contributed by atoms with Crippen LogP contribution in [0.1, 0.15) is 41.8 Å². The normalized spacial score (nSPS) is 22.4. The van der Waals surface area contributed by atoms with E-state index in [0.29, 0.717) is 24.0 Å². The highest BCUT2D eigenvalue weighted by Crippen LogP contribution is 2.41. The second kappa shape index (κ2) is 4.43. The van der Waals surface area contributed by atoms with Gasteiger partial charge < -0.3 is 4.74 Å². The third-order valence-corrected chi connectivity index (χ3v) is 3.82. The van der Waals surface area contributed by atoms with Gasteiger partial charge in [-0.2, -0.15) is 0 Å². The number of rotatable bonds is 3. The van der Waals surface area contributed by atoms with E-state index < -0.39 is 17.0 Å². The van der Waals surface area contributed by atoms with Crippen LogP contribution in [0.25, 0.3) is 0 Å². The van der Waals surface area contributed by atoms with Crippen LogP contribution in [0.15, 0.2) is 6.07 Å². The molecule has 4 heteroatoms. The van der Waals surface area contributed by atoms with E-state index in [0.717, 1.165) is 6.07 Å². The van der Waals surface area contributed by atoms with Crippen molar-refractivity contribution in [2.75, 3.05) is 7.11 Å². The predicted molar refractivity (Wildman–Crippen MR) is 63.5 cm³/mol. The number of fused-ring (bicyclic) bond motifs is 1. The fourth-order valence-electron chi connectivity index (χ4n) is 2.53. The van der Waals surface area contributed by atoms with Crippen LogP contribution in [0, 0.1) is 17.0 Å². The molecule has 0 aliphatic heterocycles. The average Bonchev–Trinajstić information content (AvgIpc) is 2.58. The first kappa shape index (κ1) is 13.1. The number of carbonyl (C=O) groups is 1. The van der Waals surface area contributed by atoms with Gasteiger partial charge in [-0.15, -0.1) is 0 Å². The highest BCUT2D eigenvalue weighted by Gasteiger charge is 2.42. The van der Waals surface area contributed by atoms with Crippen molar-refractivity contribution in [1.82, 2.24) is 0 Å². The van der Waals surface area contributed by atoms with Crippen LogP contribution in [0.4, 0.5) is 8.78 Å². The van der Waals surface area contributed by atoms with E-state index in [4.69, 9.17) is 4.74 Å². The summed E-state index contributed by atoms with van der Waals surface area (Å²) in [5.41, 5.74) is 0.412. The first-order valence-electron chi connectivity index (χ1n) is 5.98. The van der Waals surface area contributed by atoms with Gasteiger partial charge in [0.05, 0.1) is 6.61 Å². The molecule has 1 unspecified atom stereocenters. The Kier molecular flexibility index (Phi) is 3.23. The van der Waals surface area contributed by atoms with Crippen molar-refractivity contribution in [2.45, 2.75) is 33.3 Å². The number of carbonyl (C=O) groups excluding carboxylic acids is 1. The van der Waals surface area contributed by atoms with E-state index in [9.17, 15) is 13.6 Å². The van der Waals surface area contributed by atoms with Crippen LogP contribution in [0.3, 0.4) is 0 Å². The fourth-order valence-corrected chi connectivity index (χ4v) is 2.53. The standard InChI is InChI=1S/C14H16F2O2/c1-4-14(2)6-8-5-10(15)12(16)9(7-18-3)11(8)13(14)17/h5H,4,6-7H2,1-3H3. The van der Waals surface area contributed by atoms with Crippen molar-refractivity contribution in [3.05, 3.63) is 34.4 Å². The Balaban J connectivity index is 2.63. The average molecular weight is 254 g/mol. The van der Waals surface area contributed by atoms with Gasteiger partial charge in [0.2, 0.25) is 0 Å². The summed E-state index contributed by atoms with van der Waals surface area (Å²) in [6.07, 6.45) is 1.11. The molecule has 1 aliphatic rings. The Morgan fingerprint density at radius 2 is 2.11 bits per heavy atom. The second-order valence-electron chi connectivity index (χ2n) is 5.04. The molecule has 0 bridgehead atoms. The smallest absolute Gasteiger partial charge is 0.169 e. The molecule has 2 nitrogen and oxygen atoms in total. The number of ether oxygens (including phenoxy) is 1. The summed E-state index contributed by atoms with van der Waals surface area (Å²) >= 11 is 0. The topological polar surface area (TPSA) is 26.3 Å². The summed E-state index contributed by atoms with van der Waals surface area (Å²) in [6.45, 7) is 3.66. The summed E-state index contributed by atoms with van der Waals surface area (Å²) < 4.78 is 32.1. The zero-order valence-electron chi connectivity index (χ0n) is 10.8. The van der Waals surface area contributed by atoms with Crippen molar-refractivity contribution in [2.24, 2.45) is 5.41 Å². The lowest BCUT2D eigenvalue weighted by atomic mass is 9.83. The van der Waals surface area contributed by atoms with Gasteiger partial charge in [-0.25, -0.2) is 8.78 Å². The number of Topliss-reactive ketones (excluding diaryl/α,β-unsaturated/α-hetero) is 1. The van der Waals surface area contributed by atoms with Gasteiger partial charge in [0.15, 0.2) is 17.4 Å². The summed E-state index contributed by atoms with van der Waals surface area (Å²) in [4.78, 5) is 12.4. The Labute approximate surface area is 105 Å². The van der Waals surface area contributed by atoms with Crippen molar-refractivity contribution in [1.29, 1.82) is 0 Å². The van der Waals surface area contributed by atoms with E-state index in [2.05, 4.69) is 0 Å². The predicted octanol–water partition coefficient (Wildman–Crippen LogP) is 3.27. The quantitative estimate of drug-likeness (QED) is 0.827. The second-order valence-corrected chi connectivity index (χ2v) is 5.04. The Morgan fingerprint density at radius 3 is 2.67 bits per heavy atom. The van der Waals surface area contributed by atoms with Gasteiger partial charge in [-0.1, -0.05) is 13.8 Å². The number of hydrogen-bond acceptors (Lipinski definition) is 2. The molecule has 98 valence electrons. The molecule has 1 aliphatic carbocycles. The lowest BCUT2D eigenvalue weighted by molar-refractivity contribution is 0.0832. The Bertz CT molecular complexity index is 511. The zero-order chi connectivity index (χ0) is 13.5. The molecule has 1 aromatic carbocycles.